The molecule has 2 aliphatic carbocycles. The van der Waals surface area contributed by atoms with Gasteiger partial charge in [-0.05, 0) is 61.1 Å². The van der Waals surface area contributed by atoms with Crippen LogP contribution >= 0.6 is 0 Å². The summed E-state index contributed by atoms with van der Waals surface area (Å²) in [7, 11) is 0. The van der Waals surface area contributed by atoms with Gasteiger partial charge in [-0.1, -0.05) is 18.2 Å². The maximum absolute atomic E-state index is 13.0. The second-order valence-corrected chi connectivity index (χ2v) is 6.83. The highest BCUT2D eigenvalue weighted by atomic mass is 19.1. The van der Waals surface area contributed by atoms with Crippen LogP contribution in [0.15, 0.2) is 48.5 Å². The van der Waals surface area contributed by atoms with Gasteiger partial charge >= 0.3 is 0 Å². The highest BCUT2D eigenvalue weighted by Crippen LogP contribution is 2.48. The van der Waals surface area contributed by atoms with E-state index >= 15 is 0 Å². The van der Waals surface area contributed by atoms with Crippen molar-refractivity contribution >= 4 is 23.2 Å². The van der Waals surface area contributed by atoms with E-state index in [1.54, 1.807) is 24.3 Å². The standard InChI is InChI=1S/C20H19FN2O2/c21-14-8-6-12(7-9-14)17-11-18(17)20(25)23-16-3-1-2-15(10-16)22-19(24)13-4-5-13/h1-3,6-10,13,17-18H,4-5,11H2,(H,22,24)(H,23,25). The maximum atomic E-state index is 13.0. The third-order valence-electron chi connectivity index (χ3n) is 4.77. The van der Waals surface area contributed by atoms with Crippen molar-refractivity contribution in [3.05, 3.63) is 59.9 Å². The Balaban J connectivity index is 1.36. The number of carbonyl (C=O) groups excluding carboxylic acids is 2. The van der Waals surface area contributed by atoms with E-state index in [4.69, 9.17) is 0 Å². The lowest BCUT2D eigenvalue weighted by Gasteiger charge is -2.09. The van der Waals surface area contributed by atoms with Crippen LogP contribution in [-0.2, 0) is 9.59 Å². The van der Waals surface area contributed by atoms with E-state index in [9.17, 15) is 14.0 Å². The molecule has 0 aliphatic heterocycles. The fourth-order valence-electron chi connectivity index (χ4n) is 3.06. The number of hydrogen-bond donors (Lipinski definition) is 2. The summed E-state index contributed by atoms with van der Waals surface area (Å²) in [5, 5.41) is 5.79. The van der Waals surface area contributed by atoms with Crippen LogP contribution in [0.5, 0.6) is 0 Å². The molecule has 2 aromatic rings. The molecule has 0 spiro atoms. The van der Waals surface area contributed by atoms with Gasteiger partial charge < -0.3 is 10.6 Å². The SMILES string of the molecule is O=C(Nc1cccc(NC(=O)C2CC2c2ccc(F)cc2)c1)C1CC1. The molecule has 2 N–H and O–H groups in total. The van der Waals surface area contributed by atoms with Gasteiger partial charge in [0.05, 0.1) is 0 Å². The summed E-state index contributed by atoms with van der Waals surface area (Å²) in [6.45, 7) is 0. The summed E-state index contributed by atoms with van der Waals surface area (Å²) in [5.74, 6) is -0.0628. The Labute approximate surface area is 145 Å². The molecule has 0 heterocycles. The van der Waals surface area contributed by atoms with Gasteiger partial charge in [0, 0.05) is 23.2 Å². The maximum Gasteiger partial charge on any atom is 0.228 e. The van der Waals surface area contributed by atoms with Crippen molar-refractivity contribution in [3.8, 4) is 0 Å². The number of rotatable bonds is 5. The summed E-state index contributed by atoms with van der Waals surface area (Å²) in [5.41, 5.74) is 2.36. The first kappa shape index (κ1) is 15.8. The highest BCUT2D eigenvalue weighted by molar-refractivity contribution is 5.97. The molecule has 4 nitrogen and oxygen atoms in total. The number of carbonyl (C=O) groups is 2. The number of anilines is 2. The first-order chi connectivity index (χ1) is 12.1. The quantitative estimate of drug-likeness (QED) is 0.868. The van der Waals surface area contributed by atoms with E-state index in [-0.39, 0.29) is 35.4 Å². The van der Waals surface area contributed by atoms with Crippen molar-refractivity contribution in [1.82, 2.24) is 0 Å². The number of hydrogen-bond acceptors (Lipinski definition) is 2. The minimum absolute atomic E-state index is 0.0417. The van der Waals surface area contributed by atoms with Crippen LogP contribution in [0.4, 0.5) is 15.8 Å². The summed E-state index contributed by atoms with van der Waals surface area (Å²) < 4.78 is 13.0. The minimum atomic E-state index is -0.268. The second-order valence-electron chi connectivity index (χ2n) is 6.83. The van der Waals surface area contributed by atoms with Gasteiger partial charge in [-0.25, -0.2) is 4.39 Å². The average Bonchev–Trinajstić information content (AvgIpc) is 3.48. The summed E-state index contributed by atoms with van der Waals surface area (Å²) in [6.07, 6.45) is 2.68. The lowest BCUT2D eigenvalue weighted by molar-refractivity contribution is -0.118. The van der Waals surface area contributed by atoms with Gasteiger partial charge in [-0.3, -0.25) is 9.59 Å². The van der Waals surface area contributed by atoms with Crippen molar-refractivity contribution in [2.24, 2.45) is 11.8 Å². The molecule has 25 heavy (non-hydrogen) atoms. The molecular weight excluding hydrogens is 319 g/mol. The zero-order valence-electron chi connectivity index (χ0n) is 13.7. The molecule has 5 heteroatoms. The van der Waals surface area contributed by atoms with Crippen LogP contribution in [0.2, 0.25) is 0 Å². The molecule has 2 aliphatic rings. The lowest BCUT2D eigenvalue weighted by atomic mass is 10.1. The first-order valence-corrected chi connectivity index (χ1v) is 8.57. The van der Waals surface area contributed by atoms with Crippen LogP contribution in [0.1, 0.15) is 30.7 Å². The molecule has 2 saturated carbocycles. The van der Waals surface area contributed by atoms with E-state index < -0.39 is 0 Å². The van der Waals surface area contributed by atoms with E-state index in [1.165, 1.54) is 12.1 Å². The van der Waals surface area contributed by atoms with Gasteiger partial charge in [0.25, 0.3) is 0 Å². The van der Waals surface area contributed by atoms with Gasteiger partial charge in [0.15, 0.2) is 0 Å². The Morgan fingerprint density at radius 3 is 2.20 bits per heavy atom. The van der Waals surface area contributed by atoms with E-state index in [1.807, 2.05) is 12.1 Å². The van der Waals surface area contributed by atoms with Crippen LogP contribution < -0.4 is 10.6 Å². The van der Waals surface area contributed by atoms with Crippen LogP contribution in [0.25, 0.3) is 0 Å². The third-order valence-corrected chi connectivity index (χ3v) is 4.77. The topological polar surface area (TPSA) is 58.2 Å². The van der Waals surface area contributed by atoms with Gasteiger partial charge in [-0.2, -0.15) is 0 Å². The Kier molecular flexibility index (Phi) is 3.99. The minimum Gasteiger partial charge on any atom is -0.326 e. The number of nitrogens with one attached hydrogen (secondary N) is 2. The molecule has 0 radical (unpaired) electrons. The largest absolute Gasteiger partial charge is 0.326 e. The fourth-order valence-corrected chi connectivity index (χ4v) is 3.06. The molecule has 128 valence electrons. The number of halogens is 1. The van der Waals surface area contributed by atoms with Crippen molar-refractivity contribution in [1.29, 1.82) is 0 Å². The normalized spacial score (nSPS) is 21.5. The highest BCUT2D eigenvalue weighted by Gasteiger charge is 2.43. The summed E-state index contributed by atoms with van der Waals surface area (Å²) >= 11 is 0. The Morgan fingerprint density at radius 2 is 1.56 bits per heavy atom. The van der Waals surface area contributed by atoms with Crippen molar-refractivity contribution in [2.75, 3.05) is 10.6 Å². The molecular formula is C20H19FN2O2. The number of amides is 2. The number of benzene rings is 2. The zero-order valence-corrected chi connectivity index (χ0v) is 13.7. The van der Waals surface area contributed by atoms with E-state index in [0.717, 1.165) is 24.8 Å². The van der Waals surface area contributed by atoms with Crippen molar-refractivity contribution < 1.29 is 14.0 Å². The molecule has 2 aromatic carbocycles. The molecule has 4 rings (SSSR count). The Hall–Kier alpha value is -2.69. The first-order valence-electron chi connectivity index (χ1n) is 8.57. The van der Waals surface area contributed by atoms with Gasteiger partial charge in [0.2, 0.25) is 11.8 Å². The van der Waals surface area contributed by atoms with Crippen LogP contribution in [0, 0.1) is 17.7 Å². The van der Waals surface area contributed by atoms with Crippen LogP contribution in [-0.4, -0.2) is 11.8 Å². The zero-order chi connectivity index (χ0) is 17.4. The molecule has 2 unspecified atom stereocenters. The lowest BCUT2D eigenvalue weighted by Crippen LogP contribution is -2.16. The predicted octanol–water partition coefficient (Wildman–Crippen LogP) is 3.92. The second kappa shape index (κ2) is 6.31. The van der Waals surface area contributed by atoms with E-state index in [2.05, 4.69) is 10.6 Å². The molecule has 0 saturated heterocycles. The monoisotopic (exact) mass is 338 g/mol. The molecule has 2 fully saturated rings. The summed E-state index contributed by atoms with van der Waals surface area (Å²) in [6, 6.07) is 13.5. The Bertz CT molecular complexity index is 815. The van der Waals surface area contributed by atoms with Crippen LogP contribution in [0.3, 0.4) is 0 Å². The molecule has 2 atom stereocenters. The average molecular weight is 338 g/mol. The van der Waals surface area contributed by atoms with E-state index in [0.29, 0.717) is 11.4 Å². The Morgan fingerprint density at radius 1 is 0.920 bits per heavy atom. The third kappa shape index (κ3) is 3.71. The molecule has 0 aromatic heterocycles. The van der Waals surface area contributed by atoms with Gasteiger partial charge in [0.1, 0.15) is 5.82 Å². The van der Waals surface area contributed by atoms with Crippen molar-refractivity contribution in [2.45, 2.75) is 25.2 Å². The van der Waals surface area contributed by atoms with Gasteiger partial charge in [-0.15, -0.1) is 0 Å². The fraction of sp³-hybridized carbons (Fsp3) is 0.300. The molecule has 2 amide bonds. The molecule has 0 bridgehead atoms. The summed E-state index contributed by atoms with van der Waals surface area (Å²) in [4.78, 5) is 24.2. The smallest absolute Gasteiger partial charge is 0.228 e. The predicted molar refractivity (Wildman–Crippen MR) is 93.7 cm³/mol. The van der Waals surface area contributed by atoms with Crippen molar-refractivity contribution in [3.63, 3.8) is 0 Å².